The van der Waals surface area contributed by atoms with Crippen molar-refractivity contribution in [3.05, 3.63) is 63.3 Å². The topological polar surface area (TPSA) is 119 Å². The van der Waals surface area contributed by atoms with E-state index in [0.29, 0.717) is 35.7 Å². The molecule has 0 saturated carbocycles. The van der Waals surface area contributed by atoms with Crippen molar-refractivity contribution >= 4 is 34.9 Å². The molecule has 0 bridgehead atoms. The predicted octanol–water partition coefficient (Wildman–Crippen LogP) is 3.93. The minimum Gasteiger partial charge on any atom is -0.340 e. The van der Waals surface area contributed by atoms with Crippen molar-refractivity contribution < 1.29 is 23.3 Å². The van der Waals surface area contributed by atoms with E-state index in [4.69, 9.17) is 16.1 Å². The maximum atomic E-state index is 13.6. The smallest absolute Gasteiger partial charge is 0.294 e. The molecule has 4 rings (SSSR count). The number of nitrogens with one attached hydrogen (secondary N) is 2. The zero-order chi connectivity index (χ0) is 24.6. The summed E-state index contributed by atoms with van der Waals surface area (Å²) in [5.74, 6) is -2.13. The van der Waals surface area contributed by atoms with Crippen molar-refractivity contribution in [1.82, 2.24) is 20.0 Å². The summed E-state index contributed by atoms with van der Waals surface area (Å²) in [6, 6.07) is 3.50. The number of ketones is 1. The van der Waals surface area contributed by atoms with E-state index in [2.05, 4.69) is 20.8 Å². The molecule has 0 radical (unpaired) electrons. The number of aromatic nitrogens is 3. The normalized spacial score (nSPS) is 13.8. The van der Waals surface area contributed by atoms with Crippen molar-refractivity contribution in [2.75, 3.05) is 5.32 Å². The summed E-state index contributed by atoms with van der Waals surface area (Å²) in [5.41, 5.74) is 1.46. The second-order valence-corrected chi connectivity index (χ2v) is 8.59. The van der Waals surface area contributed by atoms with Crippen LogP contribution in [-0.2, 0) is 17.8 Å². The number of hydrogen-bond acceptors (Lipinski definition) is 6. The van der Waals surface area contributed by atoms with E-state index in [1.807, 2.05) is 0 Å². The summed E-state index contributed by atoms with van der Waals surface area (Å²) in [4.78, 5) is 43.1. The molecule has 1 aliphatic rings. The Hall–Kier alpha value is -3.53. The van der Waals surface area contributed by atoms with Crippen LogP contribution >= 0.6 is 11.6 Å². The Morgan fingerprint density at radius 3 is 2.68 bits per heavy atom. The first-order valence-electron chi connectivity index (χ1n) is 10.8. The molecule has 0 saturated heterocycles. The monoisotopic (exact) mass is 487 g/mol. The van der Waals surface area contributed by atoms with Gasteiger partial charge in [-0.05, 0) is 63.8 Å². The Balaban J connectivity index is 1.63. The van der Waals surface area contributed by atoms with Gasteiger partial charge in [0.1, 0.15) is 17.6 Å². The molecule has 3 heterocycles. The lowest BCUT2D eigenvalue weighted by molar-refractivity contribution is -0.117. The van der Waals surface area contributed by atoms with Crippen LogP contribution < -0.4 is 10.6 Å². The largest absolute Gasteiger partial charge is 0.340 e. The molecule has 0 aliphatic carbocycles. The standard InChI is InChI=1S/C23H23ClFN5O4/c1-11-10-14(7-8-15(11)25)28-21(32)17-16-6-4-5-9-30(16)19(18(17)24)20(31)22(33)26-12(2)23-27-13(3)29-34-23/h7-8,10,12H,4-6,9H2,1-3H3,(H,26,33)(H,28,32). The number of aryl methyl sites for hydroxylation is 2. The quantitative estimate of drug-likeness (QED) is 0.401. The first kappa shape index (κ1) is 23.6. The molecule has 2 N–H and O–H groups in total. The molecule has 3 aromatic rings. The number of nitrogens with zero attached hydrogens (tertiary/aromatic N) is 3. The third kappa shape index (κ3) is 4.45. The second kappa shape index (κ2) is 9.38. The Bertz CT molecular complexity index is 1300. The molecule has 1 unspecified atom stereocenters. The average Bonchev–Trinajstić information content (AvgIpc) is 3.36. The third-order valence-electron chi connectivity index (χ3n) is 5.68. The number of Topliss-reactive ketones (excluding diaryl/α,β-unsaturated/α-hetero) is 1. The molecule has 9 nitrogen and oxygen atoms in total. The lowest BCUT2D eigenvalue weighted by Crippen LogP contribution is -2.35. The van der Waals surface area contributed by atoms with Gasteiger partial charge in [-0.15, -0.1) is 0 Å². The Kier molecular flexibility index (Phi) is 6.52. The van der Waals surface area contributed by atoms with E-state index in [0.717, 1.165) is 12.8 Å². The predicted molar refractivity (Wildman–Crippen MR) is 121 cm³/mol. The molecule has 1 aromatic carbocycles. The van der Waals surface area contributed by atoms with Crippen LogP contribution in [0.4, 0.5) is 10.1 Å². The number of carbonyl (C=O) groups excluding carboxylic acids is 3. The van der Waals surface area contributed by atoms with Gasteiger partial charge < -0.3 is 19.7 Å². The zero-order valence-electron chi connectivity index (χ0n) is 18.9. The van der Waals surface area contributed by atoms with Crippen molar-refractivity contribution in [2.45, 2.75) is 52.6 Å². The fraction of sp³-hybridized carbons (Fsp3) is 0.348. The summed E-state index contributed by atoms with van der Waals surface area (Å²) in [7, 11) is 0. The molecule has 2 aromatic heterocycles. The van der Waals surface area contributed by atoms with Crippen molar-refractivity contribution in [3.8, 4) is 0 Å². The molecule has 0 fully saturated rings. The summed E-state index contributed by atoms with van der Waals surface area (Å²) in [5, 5.41) is 8.84. The first-order valence-corrected chi connectivity index (χ1v) is 11.2. The van der Waals surface area contributed by atoms with Crippen LogP contribution in [-0.4, -0.2) is 32.3 Å². The Morgan fingerprint density at radius 1 is 1.24 bits per heavy atom. The number of amides is 2. The fourth-order valence-corrected chi connectivity index (χ4v) is 4.37. The van der Waals surface area contributed by atoms with E-state index in [1.54, 1.807) is 25.3 Å². The third-order valence-corrected chi connectivity index (χ3v) is 6.05. The molecule has 0 spiro atoms. The van der Waals surface area contributed by atoms with Crippen LogP contribution in [0.2, 0.25) is 5.02 Å². The van der Waals surface area contributed by atoms with E-state index in [9.17, 15) is 18.8 Å². The maximum Gasteiger partial charge on any atom is 0.294 e. The van der Waals surface area contributed by atoms with E-state index in [-0.39, 0.29) is 28.0 Å². The summed E-state index contributed by atoms with van der Waals surface area (Å²) < 4.78 is 20.3. The van der Waals surface area contributed by atoms with Crippen LogP contribution in [0.5, 0.6) is 0 Å². The number of halogens is 2. The lowest BCUT2D eigenvalue weighted by Gasteiger charge is -2.18. The van der Waals surface area contributed by atoms with Crippen LogP contribution in [0.1, 0.15) is 69.6 Å². The number of benzene rings is 1. The van der Waals surface area contributed by atoms with Crippen molar-refractivity contribution in [3.63, 3.8) is 0 Å². The van der Waals surface area contributed by atoms with Gasteiger partial charge in [-0.25, -0.2) is 4.39 Å². The number of fused-ring (bicyclic) bond motifs is 1. The summed E-state index contributed by atoms with van der Waals surface area (Å²) in [6.07, 6.45) is 2.11. The van der Waals surface area contributed by atoms with E-state index < -0.39 is 23.6 Å². The summed E-state index contributed by atoms with van der Waals surface area (Å²) >= 11 is 6.55. The molecule has 34 heavy (non-hydrogen) atoms. The SMILES string of the molecule is Cc1noc(C(C)NC(=O)C(=O)c2c(Cl)c(C(=O)Nc3ccc(F)c(C)c3)c3n2CCCC3)n1. The second-order valence-electron chi connectivity index (χ2n) is 8.22. The molecular weight excluding hydrogens is 465 g/mol. The Labute approximate surface area is 199 Å². The zero-order valence-corrected chi connectivity index (χ0v) is 19.6. The van der Waals surface area contributed by atoms with Crippen molar-refractivity contribution in [1.29, 1.82) is 0 Å². The van der Waals surface area contributed by atoms with E-state index in [1.165, 1.54) is 18.2 Å². The number of hydrogen-bond donors (Lipinski definition) is 2. The molecule has 2 amide bonds. The highest BCUT2D eigenvalue weighted by Gasteiger charge is 2.34. The van der Waals surface area contributed by atoms with Gasteiger partial charge in [-0.3, -0.25) is 14.4 Å². The van der Waals surface area contributed by atoms with Crippen LogP contribution in [0.3, 0.4) is 0 Å². The van der Waals surface area contributed by atoms with Crippen LogP contribution in [0.25, 0.3) is 0 Å². The minimum atomic E-state index is -0.905. The fourth-order valence-electron chi connectivity index (χ4n) is 3.99. The highest BCUT2D eigenvalue weighted by Crippen LogP contribution is 2.33. The van der Waals surface area contributed by atoms with Crippen molar-refractivity contribution in [2.24, 2.45) is 0 Å². The van der Waals surface area contributed by atoms with Gasteiger partial charge >= 0.3 is 0 Å². The molecule has 11 heteroatoms. The molecule has 1 atom stereocenters. The molecule has 178 valence electrons. The summed E-state index contributed by atoms with van der Waals surface area (Å²) in [6.45, 7) is 5.28. The first-order chi connectivity index (χ1) is 16.2. The highest BCUT2D eigenvalue weighted by molar-refractivity contribution is 6.48. The average molecular weight is 488 g/mol. The van der Waals surface area contributed by atoms with Gasteiger partial charge in [0.15, 0.2) is 5.82 Å². The van der Waals surface area contributed by atoms with Crippen LogP contribution in [0, 0.1) is 19.7 Å². The van der Waals surface area contributed by atoms with E-state index >= 15 is 0 Å². The van der Waals surface area contributed by atoms with Gasteiger partial charge in [-0.2, -0.15) is 4.98 Å². The van der Waals surface area contributed by atoms with Gasteiger partial charge in [-0.1, -0.05) is 16.8 Å². The van der Waals surface area contributed by atoms with Gasteiger partial charge in [0.2, 0.25) is 5.89 Å². The molecular formula is C23H23ClFN5O4. The van der Waals surface area contributed by atoms with Gasteiger partial charge in [0.05, 0.1) is 10.6 Å². The number of rotatable bonds is 6. The van der Waals surface area contributed by atoms with Crippen LogP contribution in [0.15, 0.2) is 22.7 Å². The number of anilines is 1. The van der Waals surface area contributed by atoms with Gasteiger partial charge in [0.25, 0.3) is 17.6 Å². The lowest BCUT2D eigenvalue weighted by atomic mass is 10.1. The van der Waals surface area contributed by atoms with Gasteiger partial charge in [0, 0.05) is 17.9 Å². The Morgan fingerprint density at radius 2 is 2.00 bits per heavy atom. The molecule has 1 aliphatic heterocycles. The highest BCUT2D eigenvalue weighted by atomic mass is 35.5. The minimum absolute atomic E-state index is 0.0387. The number of carbonyl (C=O) groups is 3. The maximum absolute atomic E-state index is 13.6.